The van der Waals surface area contributed by atoms with Crippen LogP contribution in [0.5, 0.6) is 0 Å². The van der Waals surface area contributed by atoms with Gasteiger partial charge in [0.05, 0.1) is 5.54 Å². The van der Waals surface area contributed by atoms with Crippen molar-refractivity contribution in [3.8, 4) is 0 Å². The lowest BCUT2D eigenvalue weighted by Crippen LogP contribution is -2.61. The Balaban J connectivity index is 0.000000980. The van der Waals surface area contributed by atoms with Crippen LogP contribution >= 0.6 is 12.4 Å². The van der Waals surface area contributed by atoms with E-state index in [4.69, 9.17) is 0 Å². The summed E-state index contributed by atoms with van der Waals surface area (Å²) in [6.45, 7) is 1.95. The lowest BCUT2D eigenvalue weighted by atomic mass is 9.81. The van der Waals surface area contributed by atoms with E-state index >= 15 is 0 Å². The van der Waals surface area contributed by atoms with Crippen LogP contribution in [-0.4, -0.2) is 36.5 Å². The second kappa shape index (κ2) is 4.49. The van der Waals surface area contributed by atoms with Gasteiger partial charge in [0.2, 0.25) is 5.91 Å². The number of halogens is 1. The maximum atomic E-state index is 12.0. The molecule has 0 saturated carbocycles. The van der Waals surface area contributed by atoms with Gasteiger partial charge in [-0.1, -0.05) is 0 Å². The van der Waals surface area contributed by atoms with Gasteiger partial charge < -0.3 is 10.2 Å². The third kappa shape index (κ3) is 1.89. The molecule has 2 fully saturated rings. The Bertz CT molecular complexity index is 209. The van der Waals surface area contributed by atoms with Crippen LogP contribution in [0.2, 0.25) is 0 Å². The molecule has 14 heavy (non-hydrogen) atoms. The molecule has 2 rings (SSSR count). The minimum absolute atomic E-state index is 0. The van der Waals surface area contributed by atoms with Crippen LogP contribution < -0.4 is 5.32 Å². The molecule has 1 spiro atoms. The Kier molecular flexibility index (Phi) is 3.78. The molecule has 4 heteroatoms. The zero-order valence-corrected chi connectivity index (χ0v) is 9.53. The summed E-state index contributed by atoms with van der Waals surface area (Å²) in [5.74, 6) is 0.318. The predicted molar refractivity (Wildman–Crippen MR) is 58.7 cm³/mol. The fourth-order valence-corrected chi connectivity index (χ4v) is 2.56. The molecule has 2 aliphatic rings. The van der Waals surface area contributed by atoms with E-state index < -0.39 is 0 Å². The summed E-state index contributed by atoms with van der Waals surface area (Å²) < 4.78 is 0. The average molecular weight is 219 g/mol. The fraction of sp³-hybridized carbons (Fsp3) is 0.900. The molecule has 0 aromatic carbocycles. The number of hydrogen-bond acceptors (Lipinski definition) is 2. The molecule has 0 bridgehead atoms. The number of nitrogens with zero attached hydrogens (tertiary/aromatic N) is 1. The molecule has 2 aliphatic heterocycles. The standard InChI is InChI=1S/C10H18N2O.ClH/c1-12-8-4-6-10(9(12)13)5-2-3-7-11-10;/h11H,2-8H2,1H3;1H. The summed E-state index contributed by atoms with van der Waals surface area (Å²) in [5, 5.41) is 3.42. The van der Waals surface area contributed by atoms with Crippen LogP contribution in [0.3, 0.4) is 0 Å². The maximum absolute atomic E-state index is 12.0. The van der Waals surface area contributed by atoms with E-state index in [0.29, 0.717) is 5.91 Å². The van der Waals surface area contributed by atoms with Crippen LogP contribution in [0, 0.1) is 0 Å². The van der Waals surface area contributed by atoms with Gasteiger partial charge in [-0.3, -0.25) is 4.79 Å². The first kappa shape index (κ1) is 11.8. The highest BCUT2D eigenvalue weighted by atomic mass is 35.5. The first-order valence-electron chi connectivity index (χ1n) is 5.25. The van der Waals surface area contributed by atoms with E-state index in [1.54, 1.807) is 0 Å². The number of carbonyl (C=O) groups is 1. The molecule has 2 heterocycles. The SMILES string of the molecule is CN1CCCC2(CCCCN2)C1=O.Cl. The Morgan fingerprint density at radius 2 is 2.00 bits per heavy atom. The highest BCUT2D eigenvalue weighted by molar-refractivity contribution is 5.87. The van der Waals surface area contributed by atoms with E-state index in [1.165, 1.54) is 12.8 Å². The molecular weight excluding hydrogens is 200 g/mol. The number of piperidine rings is 2. The summed E-state index contributed by atoms with van der Waals surface area (Å²) in [7, 11) is 1.92. The molecule has 2 saturated heterocycles. The van der Waals surface area contributed by atoms with Gasteiger partial charge in [0, 0.05) is 13.6 Å². The number of amides is 1. The molecule has 1 atom stereocenters. The molecular formula is C10H19ClN2O. The van der Waals surface area contributed by atoms with E-state index in [0.717, 1.165) is 32.4 Å². The van der Waals surface area contributed by atoms with Crippen LogP contribution in [0.1, 0.15) is 32.1 Å². The monoisotopic (exact) mass is 218 g/mol. The zero-order chi connectivity index (χ0) is 9.31. The lowest BCUT2D eigenvalue weighted by Gasteiger charge is -2.43. The lowest BCUT2D eigenvalue weighted by molar-refractivity contribution is -0.141. The summed E-state index contributed by atoms with van der Waals surface area (Å²) >= 11 is 0. The number of hydrogen-bond donors (Lipinski definition) is 1. The molecule has 1 N–H and O–H groups in total. The van der Waals surface area contributed by atoms with Gasteiger partial charge in [-0.2, -0.15) is 0 Å². The second-order valence-electron chi connectivity index (χ2n) is 4.30. The summed E-state index contributed by atoms with van der Waals surface area (Å²) in [4.78, 5) is 13.8. The van der Waals surface area contributed by atoms with Gasteiger partial charge in [0.1, 0.15) is 0 Å². The second-order valence-corrected chi connectivity index (χ2v) is 4.30. The number of likely N-dealkylation sites (N-methyl/N-ethyl adjacent to an activating group) is 1. The van der Waals surface area contributed by atoms with Gasteiger partial charge in [-0.15, -0.1) is 12.4 Å². The van der Waals surface area contributed by atoms with Crippen molar-refractivity contribution in [3.63, 3.8) is 0 Å². The Labute approximate surface area is 91.6 Å². The predicted octanol–water partition coefficient (Wildman–Crippen LogP) is 1.17. The summed E-state index contributed by atoms with van der Waals surface area (Å²) in [6.07, 6.45) is 5.65. The van der Waals surface area contributed by atoms with Crippen LogP contribution in [0.4, 0.5) is 0 Å². The number of likely N-dealkylation sites (tertiary alicyclic amines) is 1. The van der Waals surface area contributed by atoms with Crippen LogP contribution in [0.15, 0.2) is 0 Å². The number of rotatable bonds is 0. The molecule has 3 nitrogen and oxygen atoms in total. The number of nitrogens with one attached hydrogen (secondary N) is 1. The largest absolute Gasteiger partial charge is 0.344 e. The van der Waals surface area contributed by atoms with E-state index in [-0.39, 0.29) is 17.9 Å². The molecule has 1 unspecified atom stereocenters. The Hall–Kier alpha value is -0.280. The van der Waals surface area contributed by atoms with Crippen molar-refractivity contribution in [2.24, 2.45) is 0 Å². The zero-order valence-electron chi connectivity index (χ0n) is 8.71. The van der Waals surface area contributed by atoms with Crippen molar-refractivity contribution < 1.29 is 4.79 Å². The molecule has 0 aliphatic carbocycles. The smallest absolute Gasteiger partial charge is 0.242 e. The van der Waals surface area contributed by atoms with Crippen molar-refractivity contribution >= 4 is 18.3 Å². The van der Waals surface area contributed by atoms with Gasteiger partial charge in [-0.25, -0.2) is 0 Å². The van der Waals surface area contributed by atoms with Gasteiger partial charge in [0.15, 0.2) is 0 Å². The topological polar surface area (TPSA) is 32.3 Å². The highest BCUT2D eigenvalue weighted by Gasteiger charge is 2.42. The van der Waals surface area contributed by atoms with Gasteiger partial charge in [0.25, 0.3) is 0 Å². The van der Waals surface area contributed by atoms with E-state index in [1.807, 2.05) is 11.9 Å². The fourth-order valence-electron chi connectivity index (χ4n) is 2.56. The van der Waals surface area contributed by atoms with Crippen molar-refractivity contribution in [2.45, 2.75) is 37.6 Å². The van der Waals surface area contributed by atoms with E-state index in [9.17, 15) is 4.79 Å². The Morgan fingerprint density at radius 3 is 2.64 bits per heavy atom. The third-order valence-corrected chi connectivity index (χ3v) is 3.35. The van der Waals surface area contributed by atoms with Crippen LogP contribution in [-0.2, 0) is 4.79 Å². The highest BCUT2D eigenvalue weighted by Crippen LogP contribution is 2.29. The van der Waals surface area contributed by atoms with Crippen molar-refractivity contribution in [1.29, 1.82) is 0 Å². The summed E-state index contributed by atoms with van der Waals surface area (Å²) in [5.41, 5.74) is -0.175. The number of carbonyl (C=O) groups excluding carboxylic acids is 1. The van der Waals surface area contributed by atoms with Crippen molar-refractivity contribution in [2.75, 3.05) is 20.1 Å². The normalized spacial score (nSPS) is 32.9. The van der Waals surface area contributed by atoms with Crippen molar-refractivity contribution in [3.05, 3.63) is 0 Å². The third-order valence-electron chi connectivity index (χ3n) is 3.35. The quantitative estimate of drug-likeness (QED) is 0.662. The first-order chi connectivity index (χ1) is 6.25. The first-order valence-corrected chi connectivity index (χ1v) is 5.25. The van der Waals surface area contributed by atoms with Gasteiger partial charge >= 0.3 is 0 Å². The summed E-state index contributed by atoms with van der Waals surface area (Å²) in [6, 6.07) is 0. The van der Waals surface area contributed by atoms with Crippen LogP contribution in [0.25, 0.3) is 0 Å². The molecule has 0 aromatic heterocycles. The minimum Gasteiger partial charge on any atom is -0.344 e. The molecule has 82 valence electrons. The molecule has 0 radical (unpaired) electrons. The average Bonchev–Trinajstić information content (AvgIpc) is 2.16. The maximum Gasteiger partial charge on any atom is 0.242 e. The van der Waals surface area contributed by atoms with E-state index in [2.05, 4.69) is 5.32 Å². The van der Waals surface area contributed by atoms with Crippen molar-refractivity contribution in [1.82, 2.24) is 10.2 Å². The molecule has 0 aromatic rings. The Morgan fingerprint density at radius 1 is 1.29 bits per heavy atom. The molecule has 1 amide bonds. The van der Waals surface area contributed by atoms with Gasteiger partial charge in [-0.05, 0) is 38.6 Å². The minimum atomic E-state index is -0.175.